The van der Waals surface area contributed by atoms with E-state index in [9.17, 15) is 4.79 Å². The molecule has 1 heterocycles. The van der Waals surface area contributed by atoms with Crippen LogP contribution in [0.3, 0.4) is 0 Å². The Kier molecular flexibility index (Phi) is 7.75. The molecule has 5 heteroatoms. The highest BCUT2D eigenvalue weighted by Gasteiger charge is 2.22. The molecule has 0 radical (unpaired) electrons. The van der Waals surface area contributed by atoms with Gasteiger partial charge in [0.25, 0.3) is 5.91 Å². The summed E-state index contributed by atoms with van der Waals surface area (Å²) in [5, 5.41) is 3.22. The quantitative estimate of drug-likeness (QED) is 0.760. The van der Waals surface area contributed by atoms with E-state index in [2.05, 4.69) is 31.1 Å². The lowest BCUT2D eigenvalue weighted by molar-refractivity contribution is 0.0614. The van der Waals surface area contributed by atoms with Gasteiger partial charge in [0.1, 0.15) is 5.82 Å². The predicted octanol–water partition coefficient (Wildman–Crippen LogP) is 2.79. The number of aromatic nitrogens is 1. The third-order valence-electron chi connectivity index (χ3n) is 3.50. The normalized spacial score (nSPS) is 12.0. The van der Waals surface area contributed by atoms with Gasteiger partial charge in [-0.15, -0.1) is 0 Å². The molecule has 0 bridgehead atoms. The molecule has 1 unspecified atom stereocenters. The number of pyridine rings is 1. The van der Waals surface area contributed by atoms with E-state index < -0.39 is 0 Å². The van der Waals surface area contributed by atoms with Gasteiger partial charge >= 0.3 is 0 Å². The molecule has 1 rings (SSSR count). The molecule has 21 heavy (non-hydrogen) atoms. The van der Waals surface area contributed by atoms with Crippen molar-refractivity contribution in [2.45, 2.75) is 39.7 Å². The van der Waals surface area contributed by atoms with Crippen molar-refractivity contribution in [3.8, 4) is 0 Å². The van der Waals surface area contributed by atoms with Crippen LogP contribution < -0.4 is 5.32 Å². The van der Waals surface area contributed by atoms with E-state index in [-0.39, 0.29) is 11.9 Å². The number of hydrogen-bond donors (Lipinski definition) is 1. The summed E-state index contributed by atoms with van der Waals surface area (Å²) in [7, 11) is 1.65. The van der Waals surface area contributed by atoms with Gasteiger partial charge in [0, 0.05) is 32.4 Å². The number of rotatable bonds is 9. The largest absolute Gasteiger partial charge is 0.383 e. The van der Waals surface area contributed by atoms with Crippen molar-refractivity contribution in [2.75, 3.05) is 32.1 Å². The number of ether oxygens (including phenoxy) is 1. The number of nitrogens with one attached hydrogen (secondary N) is 1. The molecule has 1 N–H and O–H groups in total. The second-order valence-electron chi connectivity index (χ2n) is 5.07. The summed E-state index contributed by atoms with van der Waals surface area (Å²) in [4.78, 5) is 19.0. The molecular formula is C16H27N3O2. The molecule has 0 spiro atoms. The van der Waals surface area contributed by atoms with Gasteiger partial charge in [0.05, 0.1) is 12.2 Å². The van der Waals surface area contributed by atoms with Crippen LogP contribution in [0.2, 0.25) is 0 Å². The maximum Gasteiger partial charge on any atom is 0.257 e. The number of carbonyl (C=O) groups is 1. The van der Waals surface area contributed by atoms with E-state index in [0.29, 0.717) is 24.5 Å². The van der Waals surface area contributed by atoms with Crippen LogP contribution in [0.15, 0.2) is 18.3 Å². The van der Waals surface area contributed by atoms with Gasteiger partial charge in [0.2, 0.25) is 0 Å². The van der Waals surface area contributed by atoms with Crippen molar-refractivity contribution in [3.63, 3.8) is 0 Å². The number of nitrogens with zero attached hydrogens (tertiary/aromatic N) is 2. The summed E-state index contributed by atoms with van der Waals surface area (Å²) < 4.78 is 5.12. The lowest BCUT2D eigenvalue weighted by Crippen LogP contribution is -2.40. The molecule has 0 aliphatic carbocycles. The summed E-state index contributed by atoms with van der Waals surface area (Å²) in [6.45, 7) is 8.15. The Bertz CT molecular complexity index is 437. The lowest BCUT2D eigenvalue weighted by atomic mass is 10.1. The molecule has 1 aromatic rings. The van der Waals surface area contributed by atoms with Gasteiger partial charge in [-0.05, 0) is 31.9 Å². The minimum Gasteiger partial charge on any atom is -0.383 e. The fourth-order valence-corrected chi connectivity index (χ4v) is 2.05. The summed E-state index contributed by atoms with van der Waals surface area (Å²) in [5.74, 6) is 0.670. The Morgan fingerprint density at radius 2 is 2.24 bits per heavy atom. The summed E-state index contributed by atoms with van der Waals surface area (Å²) in [5.41, 5.74) is 0.627. The van der Waals surface area contributed by atoms with E-state index in [1.54, 1.807) is 19.4 Å². The summed E-state index contributed by atoms with van der Waals surface area (Å²) >= 11 is 0. The first kappa shape index (κ1) is 17.4. The zero-order chi connectivity index (χ0) is 15.7. The fourth-order valence-electron chi connectivity index (χ4n) is 2.05. The average molecular weight is 293 g/mol. The van der Waals surface area contributed by atoms with E-state index in [0.717, 1.165) is 19.4 Å². The van der Waals surface area contributed by atoms with Gasteiger partial charge in [-0.3, -0.25) is 4.79 Å². The molecule has 118 valence electrons. The molecule has 5 nitrogen and oxygen atoms in total. The van der Waals surface area contributed by atoms with Crippen molar-refractivity contribution in [2.24, 2.45) is 0 Å². The van der Waals surface area contributed by atoms with Gasteiger partial charge in [-0.1, -0.05) is 13.8 Å². The van der Waals surface area contributed by atoms with Gasteiger partial charge < -0.3 is 15.0 Å². The maximum atomic E-state index is 12.8. The monoisotopic (exact) mass is 293 g/mol. The topological polar surface area (TPSA) is 54.5 Å². The number of amides is 1. The second kappa shape index (κ2) is 9.34. The maximum absolute atomic E-state index is 12.8. The Labute approximate surface area is 127 Å². The Balaban J connectivity index is 2.96. The van der Waals surface area contributed by atoms with Gasteiger partial charge in [-0.2, -0.15) is 0 Å². The molecule has 0 aliphatic heterocycles. The average Bonchev–Trinajstić information content (AvgIpc) is 2.52. The van der Waals surface area contributed by atoms with Crippen LogP contribution in [0.5, 0.6) is 0 Å². The number of anilines is 1. The first-order chi connectivity index (χ1) is 10.2. The highest BCUT2D eigenvalue weighted by molar-refractivity contribution is 5.98. The first-order valence-electron chi connectivity index (χ1n) is 7.64. The van der Waals surface area contributed by atoms with Crippen molar-refractivity contribution in [3.05, 3.63) is 23.9 Å². The minimum atomic E-state index is 0.00750. The highest BCUT2D eigenvalue weighted by Crippen LogP contribution is 2.17. The van der Waals surface area contributed by atoms with E-state index in [4.69, 9.17) is 4.74 Å². The van der Waals surface area contributed by atoms with Crippen LogP contribution in [0.4, 0.5) is 5.82 Å². The molecule has 0 fully saturated rings. The summed E-state index contributed by atoms with van der Waals surface area (Å²) in [6, 6.07) is 3.80. The smallest absolute Gasteiger partial charge is 0.257 e. The van der Waals surface area contributed by atoms with Crippen LogP contribution in [0.25, 0.3) is 0 Å². The Morgan fingerprint density at radius 1 is 1.48 bits per heavy atom. The molecule has 0 aromatic carbocycles. The third-order valence-corrected chi connectivity index (χ3v) is 3.50. The molecule has 1 aromatic heterocycles. The van der Waals surface area contributed by atoms with E-state index >= 15 is 0 Å². The van der Waals surface area contributed by atoms with Crippen LogP contribution in [-0.4, -0.2) is 48.6 Å². The zero-order valence-corrected chi connectivity index (χ0v) is 13.6. The molecule has 0 aliphatic rings. The molecule has 0 saturated carbocycles. The minimum absolute atomic E-state index is 0.00750. The second-order valence-corrected chi connectivity index (χ2v) is 5.07. The van der Waals surface area contributed by atoms with Crippen molar-refractivity contribution in [1.29, 1.82) is 0 Å². The van der Waals surface area contributed by atoms with E-state index in [1.165, 1.54) is 0 Å². The fraction of sp³-hybridized carbons (Fsp3) is 0.625. The SMILES string of the molecule is CCCNc1ncccc1C(=O)N(CCOC)C(C)CC. The van der Waals surface area contributed by atoms with Gasteiger partial charge in [-0.25, -0.2) is 4.98 Å². The molecular weight excluding hydrogens is 266 g/mol. The molecule has 1 amide bonds. The Morgan fingerprint density at radius 3 is 2.86 bits per heavy atom. The number of carbonyl (C=O) groups excluding carboxylic acids is 1. The van der Waals surface area contributed by atoms with Crippen molar-refractivity contribution in [1.82, 2.24) is 9.88 Å². The van der Waals surface area contributed by atoms with Crippen LogP contribution in [0, 0.1) is 0 Å². The first-order valence-corrected chi connectivity index (χ1v) is 7.64. The number of methoxy groups -OCH3 is 1. The van der Waals surface area contributed by atoms with Gasteiger partial charge in [0.15, 0.2) is 0 Å². The lowest BCUT2D eigenvalue weighted by Gasteiger charge is -2.29. The van der Waals surface area contributed by atoms with Crippen LogP contribution in [-0.2, 0) is 4.74 Å². The predicted molar refractivity (Wildman–Crippen MR) is 85.7 cm³/mol. The molecule has 0 saturated heterocycles. The van der Waals surface area contributed by atoms with E-state index in [1.807, 2.05) is 11.0 Å². The third kappa shape index (κ3) is 5.01. The molecule has 1 atom stereocenters. The zero-order valence-electron chi connectivity index (χ0n) is 13.6. The Hall–Kier alpha value is -1.62. The number of hydrogen-bond acceptors (Lipinski definition) is 4. The summed E-state index contributed by atoms with van der Waals surface area (Å²) in [6.07, 6.45) is 3.61. The standard InChI is InChI=1S/C16H27N3O2/c1-5-9-17-15-14(8-7-10-18-15)16(20)19(11-12-21-4)13(3)6-2/h7-8,10,13H,5-6,9,11-12H2,1-4H3,(H,17,18). The highest BCUT2D eigenvalue weighted by atomic mass is 16.5. The van der Waals surface area contributed by atoms with Crippen LogP contribution >= 0.6 is 0 Å². The van der Waals surface area contributed by atoms with Crippen molar-refractivity contribution < 1.29 is 9.53 Å². The van der Waals surface area contributed by atoms with Crippen molar-refractivity contribution >= 4 is 11.7 Å². The van der Waals surface area contributed by atoms with Crippen LogP contribution in [0.1, 0.15) is 44.0 Å².